The van der Waals surface area contributed by atoms with E-state index in [1.165, 1.54) is 0 Å². The van der Waals surface area contributed by atoms with Crippen LogP contribution in [-0.2, 0) is 4.74 Å². The monoisotopic (exact) mass is 188 g/mol. The summed E-state index contributed by atoms with van der Waals surface area (Å²) in [5, 5.41) is 5.46. The first-order valence-electron chi connectivity index (χ1n) is 4.47. The van der Waals surface area contributed by atoms with Crippen molar-refractivity contribution in [1.29, 1.82) is 0 Å². The van der Waals surface area contributed by atoms with Crippen molar-refractivity contribution in [2.45, 2.75) is 39.3 Å². The summed E-state index contributed by atoms with van der Waals surface area (Å²) in [6, 6.07) is 0.00535. The highest BCUT2D eigenvalue weighted by Gasteiger charge is 2.17. The third kappa shape index (κ3) is 6.40. The molecule has 2 N–H and O–H groups in total. The van der Waals surface area contributed by atoms with Gasteiger partial charge < -0.3 is 15.4 Å². The van der Waals surface area contributed by atoms with E-state index in [-0.39, 0.29) is 17.7 Å². The number of amides is 2. The summed E-state index contributed by atoms with van der Waals surface area (Å²) in [4.78, 5) is 11.1. The third-order valence-electron chi connectivity index (χ3n) is 1.65. The number of carbonyl (C=O) groups excluding carboxylic acids is 1. The lowest BCUT2D eigenvalue weighted by Crippen LogP contribution is -2.46. The molecule has 0 radical (unpaired) electrons. The summed E-state index contributed by atoms with van der Waals surface area (Å²) in [6.07, 6.45) is 0. The van der Waals surface area contributed by atoms with Gasteiger partial charge in [-0.2, -0.15) is 0 Å². The molecule has 0 aliphatic carbocycles. The SMILES string of the molecule is COC(C)(C)CNC(=O)NC(C)C. The smallest absolute Gasteiger partial charge is 0.315 e. The normalized spacial score (nSPS) is 11.5. The molecule has 0 fully saturated rings. The Hall–Kier alpha value is -0.770. The number of hydrogen-bond donors (Lipinski definition) is 2. The first kappa shape index (κ1) is 12.2. The minimum Gasteiger partial charge on any atom is -0.377 e. The summed E-state index contributed by atoms with van der Waals surface area (Å²) in [5.41, 5.74) is -0.311. The second kappa shape index (κ2) is 5.07. The Labute approximate surface area is 80.0 Å². The van der Waals surface area contributed by atoms with Crippen LogP contribution in [-0.4, -0.2) is 31.3 Å². The Morgan fingerprint density at radius 1 is 1.46 bits per heavy atom. The van der Waals surface area contributed by atoms with Gasteiger partial charge in [0.15, 0.2) is 0 Å². The molecular weight excluding hydrogens is 168 g/mol. The van der Waals surface area contributed by atoms with E-state index in [4.69, 9.17) is 4.74 Å². The highest BCUT2D eigenvalue weighted by molar-refractivity contribution is 5.74. The summed E-state index contributed by atoms with van der Waals surface area (Å²) >= 11 is 0. The van der Waals surface area contributed by atoms with Crippen LogP contribution >= 0.6 is 0 Å². The van der Waals surface area contributed by atoms with Gasteiger partial charge in [-0.3, -0.25) is 0 Å². The molecular formula is C9H20N2O2. The predicted molar refractivity (Wildman–Crippen MR) is 52.8 cm³/mol. The van der Waals surface area contributed by atoms with Crippen molar-refractivity contribution in [3.05, 3.63) is 0 Å². The highest BCUT2D eigenvalue weighted by atomic mass is 16.5. The number of urea groups is 1. The molecule has 0 unspecified atom stereocenters. The average molecular weight is 188 g/mol. The van der Waals surface area contributed by atoms with Gasteiger partial charge in [0.1, 0.15) is 0 Å². The van der Waals surface area contributed by atoms with Gasteiger partial charge in [0, 0.05) is 19.7 Å². The third-order valence-corrected chi connectivity index (χ3v) is 1.65. The van der Waals surface area contributed by atoms with Gasteiger partial charge in [-0.25, -0.2) is 4.79 Å². The number of nitrogens with one attached hydrogen (secondary N) is 2. The number of carbonyl (C=O) groups is 1. The molecule has 0 bridgehead atoms. The molecule has 0 aromatic rings. The molecule has 13 heavy (non-hydrogen) atoms. The Bertz CT molecular complexity index is 167. The second-order valence-corrected chi connectivity index (χ2v) is 3.95. The summed E-state index contributed by atoms with van der Waals surface area (Å²) in [7, 11) is 1.63. The van der Waals surface area contributed by atoms with Gasteiger partial charge in [-0.1, -0.05) is 0 Å². The van der Waals surface area contributed by atoms with Crippen LogP contribution in [0.3, 0.4) is 0 Å². The number of rotatable bonds is 4. The zero-order valence-corrected chi connectivity index (χ0v) is 9.10. The van der Waals surface area contributed by atoms with E-state index in [2.05, 4.69) is 10.6 Å². The lowest BCUT2D eigenvalue weighted by Gasteiger charge is -2.23. The van der Waals surface area contributed by atoms with E-state index >= 15 is 0 Å². The molecule has 0 saturated heterocycles. The zero-order valence-electron chi connectivity index (χ0n) is 9.10. The van der Waals surface area contributed by atoms with Gasteiger partial charge in [-0.05, 0) is 27.7 Å². The molecule has 4 nitrogen and oxygen atoms in total. The molecule has 2 amide bonds. The predicted octanol–water partition coefficient (Wildman–Crippen LogP) is 1.12. The van der Waals surface area contributed by atoms with Crippen LogP contribution < -0.4 is 10.6 Å². The van der Waals surface area contributed by atoms with Gasteiger partial charge in [0.2, 0.25) is 0 Å². The quantitative estimate of drug-likeness (QED) is 0.694. The maximum absolute atomic E-state index is 11.1. The molecule has 0 rings (SSSR count). The molecule has 0 aliphatic heterocycles. The van der Waals surface area contributed by atoms with Gasteiger partial charge >= 0.3 is 6.03 Å². The van der Waals surface area contributed by atoms with Crippen LogP contribution in [0.15, 0.2) is 0 Å². The molecule has 4 heteroatoms. The van der Waals surface area contributed by atoms with Gasteiger partial charge in [0.25, 0.3) is 0 Å². The first-order valence-corrected chi connectivity index (χ1v) is 4.47. The fourth-order valence-corrected chi connectivity index (χ4v) is 0.679. The van der Waals surface area contributed by atoms with Crippen molar-refractivity contribution < 1.29 is 9.53 Å². The maximum Gasteiger partial charge on any atom is 0.315 e. The topological polar surface area (TPSA) is 50.4 Å². The minimum absolute atomic E-state index is 0.153. The van der Waals surface area contributed by atoms with Crippen molar-refractivity contribution in [2.24, 2.45) is 0 Å². The molecule has 0 aromatic heterocycles. The van der Waals surface area contributed by atoms with Gasteiger partial charge in [-0.15, -0.1) is 0 Å². The van der Waals surface area contributed by atoms with Gasteiger partial charge in [0.05, 0.1) is 5.60 Å². The van der Waals surface area contributed by atoms with Crippen LogP contribution in [0, 0.1) is 0 Å². The summed E-state index contributed by atoms with van der Waals surface area (Å²) in [6.45, 7) is 8.18. The second-order valence-electron chi connectivity index (χ2n) is 3.95. The molecule has 0 atom stereocenters. The molecule has 0 aliphatic rings. The van der Waals surface area contributed by atoms with Crippen molar-refractivity contribution >= 4 is 6.03 Å². The average Bonchev–Trinajstić information content (AvgIpc) is 2.00. The molecule has 0 saturated carbocycles. The van der Waals surface area contributed by atoms with Crippen LogP contribution in [0.2, 0.25) is 0 Å². The largest absolute Gasteiger partial charge is 0.377 e. The Balaban J connectivity index is 3.70. The van der Waals surface area contributed by atoms with Crippen molar-refractivity contribution in [3.8, 4) is 0 Å². The van der Waals surface area contributed by atoms with Crippen molar-refractivity contribution in [3.63, 3.8) is 0 Å². The number of hydrogen-bond acceptors (Lipinski definition) is 2. The number of ether oxygens (including phenoxy) is 1. The zero-order chi connectivity index (χ0) is 10.5. The van der Waals surface area contributed by atoms with Crippen LogP contribution in [0.4, 0.5) is 4.79 Å². The Morgan fingerprint density at radius 3 is 2.38 bits per heavy atom. The van der Waals surface area contributed by atoms with E-state index in [0.29, 0.717) is 6.54 Å². The minimum atomic E-state index is -0.311. The van der Waals surface area contributed by atoms with Crippen LogP contribution in [0.1, 0.15) is 27.7 Å². The van der Waals surface area contributed by atoms with E-state index in [0.717, 1.165) is 0 Å². The Morgan fingerprint density at radius 2 is 2.00 bits per heavy atom. The van der Waals surface area contributed by atoms with Crippen molar-refractivity contribution in [2.75, 3.05) is 13.7 Å². The molecule has 0 spiro atoms. The van der Waals surface area contributed by atoms with Crippen molar-refractivity contribution in [1.82, 2.24) is 10.6 Å². The summed E-state index contributed by atoms with van der Waals surface area (Å²) in [5.74, 6) is 0. The van der Waals surface area contributed by atoms with Crippen LogP contribution in [0.5, 0.6) is 0 Å². The van der Waals surface area contributed by atoms with E-state index in [9.17, 15) is 4.79 Å². The number of methoxy groups -OCH3 is 1. The lowest BCUT2D eigenvalue weighted by molar-refractivity contribution is 0.0253. The highest BCUT2D eigenvalue weighted by Crippen LogP contribution is 2.04. The molecule has 78 valence electrons. The fraction of sp³-hybridized carbons (Fsp3) is 0.889. The summed E-state index contributed by atoms with van der Waals surface area (Å²) < 4.78 is 5.15. The maximum atomic E-state index is 11.1. The lowest BCUT2D eigenvalue weighted by atomic mass is 10.1. The molecule has 0 aromatic carbocycles. The van der Waals surface area contributed by atoms with E-state index < -0.39 is 0 Å². The van der Waals surface area contributed by atoms with E-state index in [1.807, 2.05) is 27.7 Å². The first-order chi connectivity index (χ1) is 5.87. The van der Waals surface area contributed by atoms with E-state index in [1.54, 1.807) is 7.11 Å². The Kier molecular flexibility index (Phi) is 4.77. The standard InChI is InChI=1S/C9H20N2O2/c1-7(2)11-8(12)10-6-9(3,4)13-5/h7H,6H2,1-5H3,(H2,10,11,12). The van der Waals surface area contributed by atoms with Crippen LogP contribution in [0.25, 0.3) is 0 Å². The molecule has 0 heterocycles. The fourth-order valence-electron chi connectivity index (χ4n) is 0.679.